The summed E-state index contributed by atoms with van der Waals surface area (Å²) in [7, 11) is 0. The zero-order valence-corrected chi connectivity index (χ0v) is 10.2. The number of carbonyl (C=O) groups excluding carboxylic acids is 1. The Morgan fingerprint density at radius 3 is 2.59 bits per heavy atom. The number of hydrogen-bond acceptors (Lipinski definition) is 3. The first-order valence-electron chi connectivity index (χ1n) is 5.66. The van der Waals surface area contributed by atoms with E-state index in [-0.39, 0.29) is 36.8 Å². The van der Waals surface area contributed by atoms with Crippen LogP contribution >= 0.6 is 0 Å². The third-order valence-electron chi connectivity index (χ3n) is 2.69. The molecule has 0 saturated carbocycles. The number of rotatable bonds is 5. The first kappa shape index (κ1) is 13.6. The summed E-state index contributed by atoms with van der Waals surface area (Å²) in [6, 6.07) is 6.23. The van der Waals surface area contributed by atoms with Crippen LogP contribution in [0, 0.1) is 17.7 Å². The third-order valence-corrected chi connectivity index (χ3v) is 2.69. The van der Waals surface area contributed by atoms with Gasteiger partial charge in [-0.25, -0.2) is 4.39 Å². The number of nitrogens with two attached hydrogens (primary N) is 1. The second-order valence-corrected chi connectivity index (χ2v) is 4.29. The van der Waals surface area contributed by atoms with Crippen LogP contribution in [-0.4, -0.2) is 12.5 Å². The Morgan fingerprint density at radius 1 is 1.41 bits per heavy atom. The number of benzene rings is 1. The van der Waals surface area contributed by atoms with Crippen LogP contribution in [0.3, 0.4) is 0 Å². The molecule has 0 aliphatic carbocycles. The molecular formula is C13H18FNO2. The summed E-state index contributed by atoms with van der Waals surface area (Å²) >= 11 is 0. The van der Waals surface area contributed by atoms with Gasteiger partial charge in [-0.05, 0) is 12.0 Å². The summed E-state index contributed by atoms with van der Waals surface area (Å²) in [5.74, 6) is -0.949. The second-order valence-electron chi connectivity index (χ2n) is 4.29. The molecule has 2 N–H and O–H groups in total. The van der Waals surface area contributed by atoms with Crippen LogP contribution in [0.25, 0.3) is 0 Å². The minimum atomic E-state index is -0.370. The lowest BCUT2D eigenvalue weighted by Gasteiger charge is -2.17. The monoisotopic (exact) mass is 239 g/mol. The predicted molar refractivity (Wildman–Crippen MR) is 63.6 cm³/mol. The number of halogens is 1. The lowest BCUT2D eigenvalue weighted by atomic mass is 9.96. The van der Waals surface area contributed by atoms with Gasteiger partial charge in [0.2, 0.25) is 0 Å². The maximum atomic E-state index is 13.3. The number of ether oxygens (including phenoxy) is 1. The van der Waals surface area contributed by atoms with E-state index in [4.69, 9.17) is 10.5 Å². The van der Waals surface area contributed by atoms with Gasteiger partial charge in [-0.15, -0.1) is 0 Å². The van der Waals surface area contributed by atoms with Gasteiger partial charge in [-0.3, -0.25) is 4.79 Å². The molecule has 0 amide bonds. The molecule has 94 valence electrons. The van der Waals surface area contributed by atoms with E-state index in [1.165, 1.54) is 6.07 Å². The van der Waals surface area contributed by atoms with E-state index in [1.807, 2.05) is 13.8 Å². The fraction of sp³-hybridized carbons (Fsp3) is 0.462. The van der Waals surface area contributed by atoms with Gasteiger partial charge >= 0.3 is 5.97 Å². The minimum absolute atomic E-state index is 0.0469. The standard InChI is InChI=1S/C13H18FNO2/c1-9(2)11(7-15)13(16)17-8-10-5-3-4-6-12(10)14/h3-6,9,11H,7-8,15H2,1-2H3. The Labute approximate surface area is 101 Å². The molecule has 4 heteroatoms. The maximum Gasteiger partial charge on any atom is 0.310 e. The highest BCUT2D eigenvalue weighted by molar-refractivity contribution is 5.73. The summed E-state index contributed by atoms with van der Waals surface area (Å²) in [6.45, 7) is 4.01. The van der Waals surface area contributed by atoms with Gasteiger partial charge in [0.1, 0.15) is 12.4 Å². The van der Waals surface area contributed by atoms with Gasteiger partial charge < -0.3 is 10.5 Å². The molecule has 17 heavy (non-hydrogen) atoms. The number of esters is 1. The van der Waals surface area contributed by atoms with Crippen LogP contribution in [0.1, 0.15) is 19.4 Å². The molecule has 0 aliphatic heterocycles. The van der Waals surface area contributed by atoms with E-state index in [9.17, 15) is 9.18 Å². The van der Waals surface area contributed by atoms with Crippen LogP contribution in [0.2, 0.25) is 0 Å². The van der Waals surface area contributed by atoms with E-state index in [0.29, 0.717) is 5.56 Å². The summed E-state index contributed by atoms with van der Waals surface area (Å²) in [5.41, 5.74) is 5.87. The van der Waals surface area contributed by atoms with E-state index < -0.39 is 0 Å². The average molecular weight is 239 g/mol. The van der Waals surface area contributed by atoms with Gasteiger partial charge in [0.15, 0.2) is 0 Å². The highest BCUT2D eigenvalue weighted by Crippen LogP contribution is 2.14. The van der Waals surface area contributed by atoms with Crippen molar-refractivity contribution in [1.29, 1.82) is 0 Å². The molecular weight excluding hydrogens is 221 g/mol. The fourth-order valence-electron chi connectivity index (χ4n) is 1.51. The van der Waals surface area contributed by atoms with Crippen LogP contribution < -0.4 is 5.73 Å². The van der Waals surface area contributed by atoms with Crippen molar-refractivity contribution in [3.63, 3.8) is 0 Å². The maximum absolute atomic E-state index is 13.3. The van der Waals surface area contributed by atoms with E-state index in [2.05, 4.69) is 0 Å². The van der Waals surface area contributed by atoms with Crippen molar-refractivity contribution < 1.29 is 13.9 Å². The zero-order chi connectivity index (χ0) is 12.8. The molecule has 1 aromatic carbocycles. The van der Waals surface area contributed by atoms with Crippen molar-refractivity contribution in [2.45, 2.75) is 20.5 Å². The quantitative estimate of drug-likeness (QED) is 0.800. The zero-order valence-electron chi connectivity index (χ0n) is 10.2. The van der Waals surface area contributed by atoms with Gasteiger partial charge in [0.05, 0.1) is 5.92 Å². The topological polar surface area (TPSA) is 52.3 Å². The Morgan fingerprint density at radius 2 is 2.06 bits per heavy atom. The van der Waals surface area contributed by atoms with Crippen molar-refractivity contribution in [3.05, 3.63) is 35.6 Å². The van der Waals surface area contributed by atoms with Crippen molar-refractivity contribution in [2.75, 3.05) is 6.54 Å². The van der Waals surface area contributed by atoms with Crippen LogP contribution in [0.5, 0.6) is 0 Å². The first-order valence-corrected chi connectivity index (χ1v) is 5.66. The van der Waals surface area contributed by atoms with Crippen LogP contribution in [0.4, 0.5) is 4.39 Å². The van der Waals surface area contributed by atoms with Crippen molar-refractivity contribution in [1.82, 2.24) is 0 Å². The van der Waals surface area contributed by atoms with E-state index in [0.717, 1.165) is 0 Å². The Kier molecular flexibility index (Phi) is 5.10. The smallest absolute Gasteiger partial charge is 0.310 e. The largest absolute Gasteiger partial charge is 0.460 e. The molecule has 0 aromatic heterocycles. The molecule has 0 bridgehead atoms. The van der Waals surface area contributed by atoms with E-state index in [1.54, 1.807) is 18.2 Å². The highest BCUT2D eigenvalue weighted by Gasteiger charge is 2.22. The molecule has 0 fully saturated rings. The summed E-state index contributed by atoms with van der Waals surface area (Å²) in [6.07, 6.45) is 0. The van der Waals surface area contributed by atoms with Crippen molar-refractivity contribution >= 4 is 5.97 Å². The third kappa shape index (κ3) is 3.82. The number of carbonyl (C=O) groups is 1. The normalized spacial score (nSPS) is 12.5. The van der Waals surface area contributed by atoms with Gasteiger partial charge in [0, 0.05) is 12.1 Å². The molecule has 0 spiro atoms. The highest BCUT2D eigenvalue weighted by atomic mass is 19.1. The van der Waals surface area contributed by atoms with E-state index >= 15 is 0 Å². The first-order chi connectivity index (χ1) is 8.06. The van der Waals surface area contributed by atoms with Crippen molar-refractivity contribution in [2.24, 2.45) is 17.6 Å². The SMILES string of the molecule is CC(C)C(CN)C(=O)OCc1ccccc1F. The van der Waals surface area contributed by atoms with Gasteiger partial charge in [-0.2, -0.15) is 0 Å². The fourth-order valence-corrected chi connectivity index (χ4v) is 1.51. The molecule has 0 saturated heterocycles. The molecule has 3 nitrogen and oxygen atoms in total. The van der Waals surface area contributed by atoms with Crippen molar-refractivity contribution in [3.8, 4) is 0 Å². The second kappa shape index (κ2) is 6.35. The molecule has 1 aromatic rings. The molecule has 1 atom stereocenters. The Balaban J connectivity index is 2.56. The summed E-state index contributed by atoms with van der Waals surface area (Å²) < 4.78 is 18.3. The van der Waals surface area contributed by atoms with Crippen LogP contribution in [0.15, 0.2) is 24.3 Å². The predicted octanol–water partition coefficient (Wildman–Crippen LogP) is 2.10. The molecule has 1 rings (SSSR count). The average Bonchev–Trinajstić information content (AvgIpc) is 2.28. The van der Waals surface area contributed by atoms with Gasteiger partial charge in [-0.1, -0.05) is 32.0 Å². The molecule has 0 radical (unpaired) electrons. The summed E-state index contributed by atoms with van der Waals surface area (Å²) in [4.78, 5) is 11.7. The minimum Gasteiger partial charge on any atom is -0.460 e. The summed E-state index contributed by atoms with van der Waals surface area (Å²) in [5, 5.41) is 0. The number of hydrogen-bond donors (Lipinski definition) is 1. The lowest BCUT2D eigenvalue weighted by molar-refractivity contribution is -0.151. The van der Waals surface area contributed by atoms with Crippen LogP contribution in [-0.2, 0) is 16.1 Å². The molecule has 0 heterocycles. The Bertz CT molecular complexity index is 379. The van der Waals surface area contributed by atoms with Gasteiger partial charge in [0.25, 0.3) is 0 Å². The Hall–Kier alpha value is -1.42. The lowest BCUT2D eigenvalue weighted by Crippen LogP contribution is -2.30. The molecule has 0 aliphatic rings. The molecule has 1 unspecified atom stereocenters.